The Labute approximate surface area is 131 Å². The summed E-state index contributed by atoms with van der Waals surface area (Å²) in [5.74, 6) is 0. The first kappa shape index (κ1) is 13.4. The number of likely N-dealkylation sites (N-methyl/N-ethyl adjacent to an activating group) is 1. The highest BCUT2D eigenvalue weighted by Gasteiger charge is 2.13. The minimum absolute atomic E-state index is 1.04. The van der Waals surface area contributed by atoms with Gasteiger partial charge in [-0.3, -0.25) is 0 Å². The van der Waals surface area contributed by atoms with Gasteiger partial charge in [0.2, 0.25) is 0 Å². The highest BCUT2D eigenvalue weighted by Crippen LogP contribution is 2.26. The molecule has 4 rings (SSSR count). The van der Waals surface area contributed by atoms with Gasteiger partial charge in [0.05, 0.1) is 0 Å². The summed E-state index contributed by atoms with van der Waals surface area (Å²) in [6.45, 7) is 2.20. The molecule has 0 aromatic heterocycles. The van der Waals surface area contributed by atoms with Crippen molar-refractivity contribution in [2.75, 3.05) is 18.9 Å². The molecule has 3 aromatic rings. The third-order valence-corrected chi connectivity index (χ3v) is 4.45. The van der Waals surface area contributed by atoms with Gasteiger partial charge in [0.25, 0.3) is 0 Å². The van der Waals surface area contributed by atoms with Crippen LogP contribution in [0.1, 0.15) is 11.1 Å². The lowest BCUT2D eigenvalue weighted by molar-refractivity contribution is 0.313. The largest absolute Gasteiger partial charge is 0.356 e. The van der Waals surface area contributed by atoms with Crippen LogP contribution in [-0.4, -0.2) is 18.5 Å². The van der Waals surface area contributed by atoms with Gasteiger partial charge in [-0.2, -0.15) is 0 Å². The Balaban J connectivity index is 1.63. The fourth-order valence-electron chi connectivity index (χ4n) is 3.21. The first-order chi connectivity index (χ1) is 10.8. The molecule has 0 saturated heterocycles. The van der Waals surface area contributed by atoms with Crippen LogP contribution in [0.3, 0.4) is 0 Å². The van der Waals surface area contributed by atoms with Crippen molar-refractivity contribution in [1.29, 1.82) is 0 Å². The number of anilines is 2. The summed E-state index contributed by atoms with van der Waals surface area (Å²) in [7, 11) is 2.19. The van der Waals surface area contributed by atoms with Gasteiger partial charge >= 0.3 is 0 Å². The monoisotopic (exact) mass is 288 g/mol. The molecule has 0 fully saturated rings. The number of benzene rings is 3. The van der Waals surface area contributed by atoms with E-state index in [0.717, 1.165) is 25.2 Å². The second-order valence-corrected chi connectivity index (χ2v) is 6.16. The van der Waals surface area contributed by atoms with Gasteiger partial charge in [-0.1, -0.05) is 36.4 Å². The minimum atomic E-state index is 1.04. The Bertz CT molecular complexity index is 823. The summed E-state index contributed by atoms with van der Waals surface area (Å²) in [6, 6.07) is 21.7. The van der Waals surface area contributed by atoms with E-state index in [1.165, 1.54) is 27.6 Å². The molecule has 2 heteroatoms. The fraction of sp³-hybridized carbons (Fsp3) is 0.200. The summed E-state index contributed by atoms with van der Waals surface area (Å²) in [4.78, 5) is 2.38. The highest BCUT2D eigenvalue weighted by molar-refractivity contribution is 5.86. The zero-order valence-electron chi connectivity index (χ0n) is 12.8. The van der Waals surface area contributed by atoms with Crippen molar-refractivity contribution in [3.63, 3.8) is 0 Å². The molecule has 1 heterocycles. The molecule has 0 unspecified atom stereocenters. The lowest BCUT2D eigenvalue weighted by Gasteiger charge is -2.25. The Hall–Kier alpha value is -2.32. The summed E-state index contributed by atoms with van der Waals surface area (Å²) in [5.41, 5.74) is 5.24. The molecule has 0 aliphatic carbocycles. The third kappa shape index (κ3) is 2.58. The molecule has 0 bridgehead atoms. The molecule has 0 spiro atoms. The van der Waals surface area contributed by atoms with Crippen molar-refractivity contribution >= 4 is 22.1 Å². The molecular weight excluding hydrogens is 268 g/mol. The summed E-state index contributed by atoms with van der Waals surface area (Å²) in [6.07, 6.45) is 1.15. The normalized spacial score (nSPS) is 14.8. The van der Waals surface area contributed by atoms with Gasteiger partial charge in [0.15, 0.2) is 0 Å². The van der Waals surface area contributed by atoms with Crippen LogP contribution in [0.4, 0.5) is 11.4 Å². The van der Waals surface area contributed by atoms with Crippen LogP contribution < -0.4 is 5.32 Å². The highest BCUT2D eigenvalue weighted by atomic mass is 15.1. The SMILES string of the molecule is CN1CCc2ccc(Nc3ccc4ccccc4c3)cc2C1. The zero-order valence-corrected chi connectivity index (χ0v) is 12.8. The predicted octanol–water partition coefficient (Wildman–Crippen LogP) is 4.57. The fourth-order valence-corrected chi connectivity index (χ4v) is 3.21. The maximum absolute atomic E-state index is 3.54. The smallest absolute Gasteiger partial charge is 0.0390 e. The molecule has 1 aliphatic rings. The van der Waals surface area contributed by atoms with Gasteiger partial charge in [-0.15, -0.1) is 0 Å². The van der Waals surface area contributed by atoms with E-state index in [0.29, 0.717) is 0 Å². The van der Waals surface area contributed by atoms with E-state index in [1.54, 1.807) is 0 Å². The molecule has 2 nitrogen and oxygen atoms in total. The van der Waals surface area contributed by atoms with Gasteiger partial charge in [0.1, 0.15) is 0 Å². The van der Waals surface area contributed by atoms with E-state index in [9.17, 15) is 0 Å². The van der Waals surface area contributed by atoms with E-state index < -0.39 is 0 Å². The Morgan fingerprint density at radius 3 is 2.50 bits per heavy atom. The van der Waals surface area contributed by atoms with E-state index in [4.69, 9.17) is 0 Å². The lowest BCUT2D eigenvalue weighted by atomic mass is 9.99. The standard InChI is InChI=1S/C20H20N2/c1-22-11-10-16-7-9-20(13-18(16)14-22)21-19-8-6-15-4-2-3-5-17(15)12-19/h2-9,12-13,21H,10-11,14H2,1H3. The van der Waals surface area contributed by atoms with Crippen molar-refractivity contribution in [2.45, 2.75) is 13.0 Å². The average Bonchev–Trinajstić information content (AvgIpc) is 2.54. The molecule has 0 radical (unpaired) electrons. The second kappa shape index (κ2) is 5.47. The first-order valence-corrected chi connectivity index (χ1v) is 7.84. The second-order valence-electron chi connectivity index (χ2n) is 6.16. The number of nitrogens with zero attached hydrogens (tertiary/aromatic N) is 1. The van der Waals surface area contributed by atoms with Gasteiger partial charge < -0.3 is 10.2 Å². The quantitative estimate of drug-likeness (QED) is 0.743. The van der Waals surface area contributed by atoms with Crippen LogP contribution in [0.15, 0.2) is 60.7 Å². The van der Waals surface area contributed by atoms with E-state index >= 15 is 0 Å². The molecule has 1 aliphatic heterocycles. The summed E-state index contributed by atoms with van der Waals surface area (Å²) < 4.78 is 0. The van der Waals surface area contributed by atoms with E-state index in [2.05, 4.69) is 77.9 Å². The molecule has 110 valence electrons. The number of rotatable bonds is 2. The molecular formula is C20H20N2. The maximum atomic E-state index is 3.54. The van der Waals surface area contributed by atoms with Crippen LogP contribution in [0, 0.1) is 0 Å². The van der Waals surface area contributed by atoms with Crippen molar-refractivity contribution in [2.24, 2.45) is 0 Å². The molecule has 0 saturated carbocycles. The minimum Gasteiger partial charge on any atom is -0.356 e. The Morgan fingerprint density at radius 2 is 1.59 bits per heavy atom. The third-order valence-electron chi connectivity index (χ3n) is 4.45. The predicted molar refractivity (Wildman–Crippen MR) is 93.7 cm³/mol. The summed E-state index contributed by atoms with van der Waals surface area (Å²) >= 11 is 0. The molecule has 1 N–H and O–H groups in total. The molecule has 22 heavy (non-hydrogen) atoms. The molecule has 3 aromatic carbocycles. The maximum Gasteiger partial charge on any atom is 0.0390 e. The van der Waals surface area contributed by atoms with Crippen LogP contribution in [0.5, 0.6) is 0 Å². The zero-order chi connectivity index (χ0) is 14.9. The van der Waals surface area contributed by atoms with Gasteiger partial charge in [-0.05, 0) is 59.6 Å². The number of hydrogen-bond acceptors (Lipinski definition) is 2. The van der Waals surface area contributed by atoms with Crippen molar-refractivity contribution in [1.82, 2.24) is 4.90 Å². The number of hydrogen-bond donors (Lipinski definition) is 1. The van der Waals surface area contributed by atoms with Crippen LogP contribution in [-0.2, 0) is 13.0 Å². The van der Waals surface area contributed by atoms with Crippen LogP contribution in [0.2, 0.25) is 0 Å². The lowest BCUT2D eigenvalue weighted by Crippen LogP contribution is -2.26. The van der Waals surface area contributed by atoms with Crippen molar-refractivity contribution < 1.29 is 0 Å². The average molecular weight is 288 g/mol. The molecule has 0 amide bonds. The molecule has 0 atom stereocenters. The number of nitrogens with one attached hydrogen (secondary N) is 1. The van der Waals surface area contributed by atoms with Crippen LogP contribution in [0.25, 0.3) is 10.8 Å². The van der Waals surface area contributed by atoms with E-state index in [-0.39, 0.29) is 0 Å². The van der Waals surface area contributed by atoms with Gasteiger partial charge in [-0.25, -0.2) is 0 Å². The Morgan fingerprint density at radius 1 is 0.818 bits per heavy atom. The summed E-state index contributed by atoms with van der Waals surface area (Å²) in [5, 5.41) is 6.09. The number of fused-ring (bicyclic) bond motifs is 2. The first-order valence-electron chi connectivity index (χ1n) is 7.84. The Kier molecular flexibility index (Phi) is 3.32. The van der Waals surface area contributed by atoms with Crippen LogP contribution >= 0.6 is 0 Å². The van der Waals surface area contributed by atoms with Gasteiger partial charge in [0, 0.05) is 24.5 Å². The van der Waals surface area contributed by atoms with E-state index in [1.807, 2.05) is 0 Å². The topological polar surface area (TPSA) is 15.3 Å². The van der Waals surface area contributed by atoms with Crippen molar-refractivity contribution in [3.05, 3.63) is 71.8 Å². The van der Waals surface area contributed by atoms with Crippen molar-refractivity contribution in [3.8, 4) is 0 Å².